The molecule has 5 nitrogen and oxygen atoms in total. The fraction of sp³-hybridized carbons (Fsp3) is 0.500. The van der Waals surface area contributed by atoms with Crippen molar-refractivity contribution >= 4 is 38.9 Å². The molecule has 0 saturated carbocycles. The minimum Gasteiger partial charge on any atom is -0.396 e. The second kappa shape index (κ2) is 6.07. The van der Waals surface area contributed by atoms with Crippen LogP contribution in [0.4, 0.5) is 5.69 Å². The summed E-state index contributed by atoms with van der Waals surface area (Å²) in [7, 11) is -2.11. The lowest BCUT2D eigenvalue weighted by molar-refractivity contribution is 0.0572. The molecule has 112 valence electrons. The normalized spacial score (nSPS) is 21.1. The third kappa shape index (κ3) is 2.89. The maximum atomic E-state index is 12.6. The fourth-order valence-electron chi connectivity index (χ4n) is 2.20. The number of nitrogens with two attached hydrogens (primary N) is 1. The van der Waals surface area contributed by atoms with E-state index in [1.807, 2.05) is 0 Å². The molecule has 1 aliphatic rings. The van der Waals surface area contributed by atoms with Gasteiger partial charge in [0, 0.05) is 20.2 Å². The molecule has 1 aromatic rings. The van der Waals surface area contributed by atoms with E-state index in [9.17, 15) is 8.42 Å². The highest BCUT2D eigenvalue weighted by atomic mass is 35.5. The molecule has 1 fully saturated rings. The lowest BCUT2D eigenvalue weighted by Crippen LogP contribution is -2.42. The van der Waals surface area contributed by atoms with Gasteiger partial charge in [0.2, 0.25) is 10.0 Å². The van der Waals surface area contributed by atoms with E-state index in [4.69, 9.17) is 33.7 Å². The summed E-state index contributed by atoms with van der Waals surface area (Å²) in [6.07, 6.45) is 1.50. The molecular weight excluding hydrogens is 323 g/mol. The lowest BCUT2D eigenvalue weighted by atomic mass is 10.1. The van der Waals surface area contributed by atoms with Crippen LogP contribution in [0.15, 0.2) is 17.0 Å². The maximum Gasteiger partial charge on any atom is 0.244 e. The molecule has 0 spiro atoms. The van der Waals surface area contributed by atoms with Gasteiger partial charge >= 0.3 is 0 Å². The molecule has 0 bridgehead atoms. The maximum absolute atomic E-state index is 12.6. The largest absolute Gasteiger partial charge is 0.396 e. The Kier molecular flexibility index (Phi) is 4.81. The number of piperidine rings is 1. The molecule has 1 aliphatic heterocycles. The average molecular weight is 339 g/mol. The van der Waals surface area contributed by atoms with Crippen molar-refractivity contribution in [1.29, 1.82) is 0 Å². The molecule has 2 N–H and O–H groups in total. The van der Waals surface area contributed by atoms with E-state index in [-0.39, 0.29) is 26.7 Å². The summed E-state index contributed by atoms with van der Waals surface area (Å²) < 4.78 is 31.9. The number of nitrogen functional groups attached to an aromatic ring is 1. The predicted octanol–water partition coefficient (Wildman–Crippen LogP) is 2.38. The molecule has 0 radical (unpaired) electrons. The van der Waals surface area contributed by atoms with Crippen LogP contribution in [0.1, 0.15) is 12.8 Å². The summed E-state index contributed by atoms with van der Waals surface area (Å²) in [6, 6.07) is 2.82. The van der Waals surface area contributed by atoms with Crippen molar-refractivity contribution in [2.45, 2.75) is 23.8 Å². The first-order valence-electron chi connectivity index (χ1n) is 6.14. The predicted molar refractivity (Wildman–Crippen MR) is 79.7 cm³/mol. The van der Waals surface area contributed by atoms with E-state index in [0.29, 0.717) is 13.1 Å². The van der Waals surface area contributed by atoms with Crippen LogP contribution in [-0.2, 0) is 14.8 Å². The van der Waals surface area contributed by atoms with E-state index in [1.54, 1.807) is 7.11 Å². The van der Waals surface area contributed by atoms with Crippen molar-refractivity contribution in [3.63, 3.8) is 0 Å². The Hall–Kier alpha value is -0.530. The van der Waals surface area contributed by atoms with Gasteiger partial charge in [0.15, 0.2) is 0 Å². The topological polar surface area (TPSA) is 72.6 Å². The second-order valence-corrected chi connectivity index (χ2v) is 7.33. The Morgan fingerprint density at radius 1 is 1.40 bits per heavy atom. The minimum atomic E-state index is -3.69. The summed E-state index contributed by atoms with van der Waals surface area (Å²) in [5.41, 5.74) is 5.77. The number of halogens is 2. The Balaban J connectivity index is 2.38. The van der Waals surface area contributed by atoms with E-state index in [2.05, 4.69) is 0 Å². The standard InChI is InChI=1S/C12H16Cl2N2O3S/c1-19-8-3-2-6-16(7-8)20(17,18)10-5-4-9(13)12(15)11(10)14/h4-5,8H,2-3,6-7,15H2,1H3. The van der Waals surface area contributed by atoms with E-state index in [1.165, 1.54) is 16.4 Å². The number of ether oxygens (including phenoxy) is 1. The Morgan fingerprint density at radius 3 is 2.75 bits per heavy atom. The summed E-state index contributed by atoms with van der Waals surface area (Å²) in [4.78, 5) is -0.0159. The van der Waals surface area contributed by atoms with Crippen molar-refractivity contribution in [2.75, 3.05) is 25.9 Å². The molecule has 0 aromatic heterocycles. The van der Waals surface area contributed by atoms with Crippen LogP contribution in [0.2, 0.25) is 10.0 Å². The van der Waals surface area contributed by atoms with Crippen LogP contribution < -0.4 is 5.73 Å². The van der Waals surface area contributed by atoms with Gasteiger partial charge in [0.05, 0.1) is 21.8 Å². The summed E-state index contributed by atoms with van der Waals surface area (Å²) in [5, 5.41) is 0.208. The number of sulfonamides is 1. The van der Waals surface area contributed by atoms with Gasteiger partial charge in [0.1, 0.15) is 4.90 Å². The molecular formula is C12H16Cl2N2O3S. The number of methoxy groups -OCH3 is 1. The third-order valence-electron chi connectivity index (χ3n) is 3.38. The first-order chi connectivity index (χ1) is 9.37. The first-order valence-corrected chi connectivity index (χ1v) is 8.34. The van der Waals surface area contributed by atoms with Crippen molar-refractivity contribution in [3.05, 3.63) is 22.2 Å². The number of anilines is 1. The summed E-state index contributed by atoms with van der Waals surface area (Å²) in [5.74, 6) is 0. The number of benzene rings is 1. The zero-order chi connectivity index (χ0) is 14.9. The van der Waals surface area contributed by atoms with Gasteiger partial charge in [-0.15, -0.1) is 0 Å². The summed E-state index contributed by atoms with van der Waals surface area (Å²) >= 11 is 11.9. The van der Waals surface area contributed by atoms with Crippen molar-refractivity contribution in [3.8, 4) is 0 Å². The van der Waals surface area contributed by atoms with Crippen molar-refractivity contribution < 1.29 is 13.2 Å². The molecule has 8 heteroatoms. The van der Waals surface area contributed by atoms with E-state index in [0.717, 1.165) is 12.8 Å². The Morgan fingerprint density at radius 2 is 2.10 bits per heavy atom. The summed E-state index contributed by atoms with van der Waals surface area (Å²) in [6.45, 7) is 0.763. The lowest BCUT2D eigenvalue weighted by Gasteiger charge is -2.31. The SMILES string of the molecule is COC1CCCN(S(=O)(=O)c2ccc(Cl)c(N)c2Cl)C1. The molecule has 1 unspecified atom stereocenters. The quantitative estimate of drug-likeness (QED) is 0.858. The second-order valence-electron chi connectivity index (χ2n) is 4.64. The number of nitrogens with zero attached hydrogens (tertiary/aromatic N) is 1. The molecule has 1 saturated heterocycles. The monoisotopic (exact) mass is 338 g/mol. The van der Waals surface area contributed by atoms with E-state index < -0.39 is 10.0 Å². The molecule has 20 heavy (non-hydrogen) atoms. The highest BCUT2D eigenvalue weighted by Gasteiger charge is 2.32. The fourth-order valence-corrected chi connectivity index (χ4v) is 4.45. The number of hydrogen-bond acceptors (Lipinski definition) is 4. The molecule has 2 rings (SSSR count). The number of hydrogen-bond donors (Lipinski definition) is 1. The minimum absolute atomic E-state index is 0.0159. The highest BCUT2D eigenvalue weighted by Crippen LogP contribution is 2.35. The number of rotatable bonds is 3. The van der Waals surface area contributed by atoms with Crippen LogP contribution in [0.3, 0.4) is 0 Å². The zero-order valence-corrected chi connectivity index (χ0v) is 13.3. The molecule has 0 amide bonds. The van der Waals surface area contributed by atoms with Gasteiger partial charge in [-0.3, -0.25) is 0 Å². The van der Waals surface area contributed by atoms with Crippen LogP contribution in [0.25, 0.3) is 0 Å². The molecule has 1 aromatic carbocycles. The first kappa shape index (κ1) is 15.9. The molecule has 1 heterocycles. The molecule has 1 atom stereocenters. The average Bonchev–Trinajstić information content (AvgIpc) is 2.44. The van der Waals surface area contributed by atoms with Gasteiger partial charge in [0.25, 0.3) is 0 Å². The van der Waals surface area contributed by atoms with Gasteiger partial charge in [-0.2, -0.15) is 4.31 Å². The van der Waals surface area contributed by atoms with Gasteiger partial charge < -0.3 is 10.5 Å². The zero-order valence-electron chi connectivity index (χ0n) is 11.0. The third-order valence-corrected chi connectivity index (χ3v) is 6.14. The van der Waals surface area contributed by atoms with Crippen LogP contribution >= 0.6 is 23.2 Å². The Bertz CT molecular complexity index is 607. The van der Waals surface area contributed by atoms with Gasteiger partial charge in [-0.25, -0.2) is 8.42 Å². The van der Waals surface area contributed by atoms with Gasteiger partial charge in [-0.05, 0) is 25.0 Å². The highest BCUT2D eigenvalue weighted by molar-refractivity contribution is 7.89. The van der Waals surface area contributed by atoms with Crippen LogP contribution in [-0.4, -0.2) is 39.0 Å². The Labute approximate surface area is 128 Å². The van der Waals surface area contributed by atoms with Gasteiger partial charge in [-0.1, -0.05) is 23.2 Å². The van der Waals surface area contributed by atoms with Crippen molar-refractivity contribution in [1.82, 2.24) is 4.31 Å². The van der Waals surface area contributed by atoms with Crippen molar-refractivity contribution in [2.24, 2.45) is 0 Å². The van der Waals surface area contributed by atoms with Crippen LogP contribution in [0.5, 0.6) is 0 Å². The smallest absolute Gasteiger partial charge is 0.244 e. The van der Waals surface area contributed by atoms with E-state index >= 15 is 0 Å². The molecule has 0 aliphatic carbocycles. The van der Waals surface area contributed by atoms with Crippen LogP contribution in [0, 0.1) is 0 Å².